The van der Waals surface area contributed by atoms with Crippen molar-refractivity contribution in [3.63, 3.8) is 0 Å². The van der Waals surface area contributed by atoms with Crippen molar-refractivity contribution in [1.82, 2.24) is 9.80 Å². The summed E-state index contributed by atoms with van der Waals surface area (Å²) in [6.07, 6.45) is 0. The van der Waals surface area contributed by atoms with Gasteiger partial charge in [-0.05, 0) is 43.3 Å². The van der Waals surface area contributed by atoms with Crippen molar-refractivity contribution in [1.29, 1.82) is 0 Å². The number of benzene rings is 2. The molecule has 1 aliphatic rings. The minimum Gasteiger partial charge on any atom is -0.399 e. The Kier molecular flexibility index (Phi) is 9.36. The number of carbonyl (C=O) groups excluding carboxylic acids is 2. The fourth-order valence-electron chi connectivity index (χ4n) is 3.15. The normalized spacial score (nSPS) is 14.9. The van der Waals surface area contributed by atoms with Crippen LogP contribution in [0, 0.1) is 5.82 Å². The molecule has 2 amide bonds. The molecule has 3 N–H and O–H groups in total. The van der Waals surface area contributed by atoms with E-state index in [4.69, 9.17) is 5.73 Å². The molecule has 0 spiro atoms. The van der Waals surface area contributed by atoms with E-state index >= 15 is 0 Å². The van der Waals surface area contributed by atoms with Crippen LogP contribution in [0.25, 0.3) is 0 Å². The maximum absolute atomic E-state index is 13.2. The van der Waals surface area contributed by atoms with Gasteiger partial charge in [-0.2, -0.15) is 0 Å². The number of nitrogens with two attached hydrogens (primary N) is 1. The summed E-state index contributed by atoms with van der Waals surface area (Å²) in [6.45, 7) is 4.05. The summed E-state index contributed by atoms with van der Waals surface area (Å²) < 4.78 is 13.2. The molecule has 1 saturated heterocycles. The van der Waals surface area contributed by atoms with Crippen LogP contribution in [0.2, 0.25) is 0 Å². The van der Waals surface area contributed by atoms with Crippen LogP contribution in [0.5, 0.6) is 0 Å². The zero-order valence-corrected chi connectivity index (χ0v) is 17.6. The average Bonchev–Trinajstić information content (AvgIpc) is 2.67. The maximum Gasteiger partial charge on any atom is 0.254 e. The van der Waals surface area contributed by atoms with Crippen LogP contribution >= 0.6 is 24.8 Å². The van der Waals surface area contributed by atoms with Crippen LogP contribution < -0.4 is 11.1 Å². The Labute approximate surface area is 182 Å². The lowest BCUT2D eigenvalue weighted by Crippen LogP contribution is -2.54. The third-order valence-electron chi connectivity index (χ3n) is 4.75. The van der Waals surface area contributed by atoms with Crippen LogP contribution in [-0.4, -0.2) is 53.8 Å². The van der Waals surface area contributed by atoms with E-state index in [0.29, 0.717) is 43.1 Å². The van der Waals surface area contributed by atoms with E-state index in [-0.39, 0.29) is 42.7 Å². The highest BCUT2D eigenvalue weighted by atomic mass is 35.5. The molecule has 2 aromatic rings. The molecule has 0 saturated carbocycles. The Balaban J connectivity index is 0.00000210. The van der Waals surface area contributed by atoms with Gasteiger partial charge in [0, 0.05) is 43.1 Å². The van der Waals surface area contributed by atoms with Crippen molar-refractivity contribution in [3.8, 4) is 0 Å². The van der Waals surface area contributed by atoms with E-state index in [1.54, 1.807) is 41.3 Å². The minimum absolute atomic E-state index is 0. The molecule has 1 aliphatic heterocycles. The van der Waals surface area contributed by atoms with Gasteiger partial charge in [0.15, 0.2) is 0 Å². The molecular formula is C20H25Cl2FN4O2. The number of anilines is 2. The molecule has 0 aromatic heterocycles. The number of nitrogens with zero attached hydrogens (tertiary/aromatic N) is 2. The Hall–Kier alpha value is -2.35. The molecule has 0 radical (unpaired) electrons. The van der Waals surface area contributed by atoms with Gasteiger partial charge >= 0.3 is 0 Å². The Morgan fingerprint density at radius 1 is 1.03 bits per heavy atom. The second-order valence-corrected chi connectivity index (χ2v) is 6.63. The fraction of sp³-hybridized carbons (Fsp3) is 0.300. The molecule has 3 rings (SSSR count). The lowest BCUT2D eigenvalue weighted by molar-refractivity contribution is -0.121. The van der Waals surface area contributed by atoms with Gasteiger partial charge in [-0.15, -0.1) is 24.8 Å². The van der Waals surface area contributed by atoms with Crippen molar-refractivity contribution < 1.29 is 14.0 Å². The van der Waals surface area contributed by atoms with Crippen LogP contribution in [0.15, 0.2) is 48.5 Å². The second kappa shape index (κ2) is 11.0. The zero-order valence-electron chi connectivity index (χ0n) is 16.0. The lowest BCUT2D eigenvalue weighted by atomic mass is 10.1. The third kappa shape index (κ3) is 6.32. The Morgan fingerprint density at radius 3 is 2.31 bits per heavy atom. The zero-order chi connectivity index (χ0) is 19.4. The molecule has 1 atom stereocenters. The van der Waals surface area contributed by atoms with E-state index in [0.717, 1.165) is 0 Å². The summed E-state index contributed by atoms with van der Waals surface area (Å²) >= 11 is 0. The van der Waals surface area contributed by atoms with E-state index in [9.17, 15) is 14.0 Å². The molecule has 1 fully saturated rings. The Morgan fingerprint density at radius 2 is 1.69 bits per heavy atom. The van der Waals surface area contributed by atoms with Gasteiger partial charge in [0.25, 0.3) is 5.91 Å². The summed E-state index contributed by atoms with van der Waals surface area (Å²) in [4.78, 5) is 28.8. The number of hydrogen-bond acceptors (Lipinski definition) is 4. The van der Waals surface area contributed by atoms with Crippen molar-refractivity contribution in [2.45, 2.75) is 13.0 Å². The third-order valence-corrected chi connectivity index (χ3v) is 4.75. The first-order valence-electron chi connectivity index (χ1n) is 8.89. The molecule has 29 heavy (non-hydrogen) atoms. The highest BCUT2D eigenvalue weighted by Gasteiger charge is 2.28. The SMILES string of the molecule is CC(C(=O)Nc1cccc(F)c1)N1CCN(C(=O)c2cccc(N)c2)CC1.Cl.Cl. The van der Waals surface area contributed by atoms with E-state index in [2.05, 4.69) is 5.32 Å². The van der Waals surface area contributed by atoms with Gasteiger partial charge in [-0.1, -0.05) is 12.1 Å². The monoisotopic (exact) mass is 442 g/mol. The Bertz CT molecular complexity index is 845. The van der Waals surface area contributed by atoms with Gasteiger partial charge < -0.3 is 16.0 Å². The number of nitrogens with one attached hydrogen (secondary N) is 1. The van der Waals surface area contributed by atoms with E-state index < -0.39 is 5.82 Å². The fourth-order valence-corrected chi connectivity index (χ4v) is 3.15. The quantitative estimate of drug-likeness (QED) is 0.713. The predicted octanol–water partition coefficient (Wildman–Crippen LogP) is 3.04. The molecule has 6 nitrogen and oxygen atoms in total. The van der Waals surface area contributed by atoms with Gasteiger partial charge in [-0.25, -0.2) is 4.39 Å². The average molecular weight is 443 g/mol. The standard InChI is InChI=1S/C20H23FN4O2.2ClH/c1-14(19(26)23-18-7-3-5-16(21)13-18)24-8-10-25(11-9-24)20(27)15-4-2-6-17(22)12-15;;/h2-7,12-14H,8-11,22H2,1H3,(H,23,26);2*1H. The number of amides is 2. The number of nitrogen functional groups attached to an aromatic ring is 1. The summed E-state index contributed by atoms with van der Waals surface area (Å²) in [5.74, 6) is -0.649. The highest BCUT2D eigenvalue weighted by Crippen LogP contribution is 2.15. The lowest BCUT2D eigenvalue weighted by Gasteiger charge is -2.37. The largest absolute Gasteiger partial charge is 0.399 e. The first-order valence-corrected chi connectivity index (χ1v) is 8.89. The molecule has 2 aromatic carbocycles. The predicted molar refractivity (Wildman–Crippen MR) is 117 cm³/mol. The molecular weight excluding hydrogens is 418 g/mol. The summed E-state index contributed by atoms with van der Waals surface area (Å²) in [7, 11) is 0. The smallest absolute Gasteiger partial charge is 0.254 e. The molecule has 1 heterocycles. The maximum atomic E-state index is 13.2. The van der Waals surface area contributed by atoms with Gasteiger partial charge in [0.05, 0.1) is 6.04 Å². The summed E-state index contributed by atoms with van der Waals surface area (Å²) in [5, 5.41) is 2.73. The topological polar surface area (TPSA) is 78.7 Å². The molecule has 0 aliphatic carbocycles. The first kappa shape index (κ1) is 24.7. The van der Waals surface area contributed by atoms with E-state index in [1.807, 2.05) is 11.8 Å². The van der Waals surface area contributed by atoms with Crippen molar-refractivity contribution in [3.05, 3.63) is 59.9 Å². The number of hydrogen-bond donors (Lipinski definition) is 2. The van der Waals surface area contributed by atoms with Crippen LogP contribution in [0.1, 0.15) is 17.3 Å². The molecule has 9 heteroatoms. The second-order valence-electron chi connectivity index (χ2n) is 6.63. The van der Waals surface area contributed by atoms with Crippen LogP contribution in [0.3, 0.4) is 0 Å². The number of piperazine rings is 1. The first-order chi connectivity index (χ1) is 12.9. The van der Waals surface area contributed by atoms with Gasteiger partial charge in [-0.3, -0.25) is 14.5 Å². The van der Waals surface area contributed by atoms with Gasteiger partial charge in [0.2, 0.25) is 5.91 Å². The summed E-state index contributed by atoms with van der Waals surface area (Å²) in [6, 6.07) is 12.4. The van der Waals surface area contributed by atoms with Crippen molar-refractivity contribution >= 4 is 48.0 Å². The number of rotatable bonds is 4. The van der Waals surface area contributed by atoms with Crippen LogP contribution in [0.4, 0.5) is 15.8 Å². The number of carbonyl (C=O) groups is 2. The molecule has 0 bridgehead atoms. The van der Waals surface area contributed by atoms with Crippen molar-refractivity contribution in [2.24, 2.45) is 0 Å². The number of halogens is 3. The van der Waals surface area contributed by atoms with Crippen LogP contribution in [-0.2, 0) is 4.79 Å². The summed E-state index contributed by atoms with van der Waals surface area (Å²) in [5.41, 5.74) is 7.31. The van der Waals surface area contributed by atoms with Crippen molar-refractivity contribution in [2.75, 3.05) is 37.2 Å². The molecule has 158 valence electrons. The molecule has 1 unspecified atom stereocenters. The van der Waals surface area contributed by atoms with E-state index in [1.165, 1.54) is 12.1 Å². The highest BCUT2D eigenvalue weighted by molar-refractivity contribution is 5.95. The minimum atomic E-state index is -0.394. The van der Waals surface area contributed by atoms with Gasteiger partial charge in [0.1, 0.15) is 5.82 Å².